The van der Waals surface area contributed by atoms with E-state index in [9.17, 15) is 9.18 Å². The van der Waals surface area contributed by atoms with E-state index >= 15 is 0 Å². The van der Waals surface area contributed by atoms with E-state index in [1.807, 2.05) is 20.8 Å². The van der Waals surface area contributed by atoms with Crippen LogP contribution in [0.4, 0.5) is 14.9 Å². The Bertz CT molecular complexity index is 784. The highest BCUT2D eigenvalue weighted by atomic mass is 19.1. The minimum atomic E-state index is -0.562. The summed E-state index contributed by atoms with van der Waals surface area (Å²) in [4.78, 5) is 17.3. The molecule has 2 atom stereocenters. The summed E-state index contributed by atoms with van der Waals surface area (Å²) in [6.07, 6.45) is 6.19. The van der Waals surface area contributed by atoms with Gasteiger partial charge >= 0.3 is 6.09 Å². The van der Waals surface area contributed by atoms with Gasteiger partial charge in [0.1, 0.15) is 11.4 Å². The van der Waals surface area contributed by atoms with Crippen molar-refractivity contribution < 1.29 is 13.9 Å². The predicted molar refractivity (Wildman–Crippen MR) is 129 cm³/mol. The normalized spacial score (nSPS) is 20.3. The lowest BCUT2D eigenvalue weighted by Gasteiger charge is -2.43. The summed E-state index contributed by atoms with van der Waals surface area (Å²) >= 11 is 0. The van der Waals surface area contributed by atoms with E-state index in [4.69, 9.17) is 4.74 Å². The third-order valence-corrected chi connectivity index (χ3v) is 7.24. The minimum Gasteiger partial charge on any atom is -0.443 e. The van der Waals surface area contributed by atoms with Crippen molar-refractivity contribution in [1.29, 1.82) is 0 Å². The maximum absolute atomic E-state index is 14.3. The number of fused-ring (bicyclic) bond motifs is 2. The summed E-state index contributed by atoms with van der Waals surface area (Å²) in [7, 11) is 2.06. The van der Waals surface area contributed by atoms with Crippen molar-refractivity contribution in [2.24, 2.45) is 0 Å². The number of nitrogens with zero attached hydrogens (tertiary/aromatic N) is 2. The summed E-state index contributed by atoms with van der Waals surface area (Å²) in [6.45, 7) is 12.7. The van der Waals surface area contributed by atoms with Crippen LogP contribution in [0.25, 0.3) is 0 Å². The Morgan fingerprint density at radius 1 is 1.25 bits per heavy atom. The van der Waals surface area contributed by atoms with Gasteiger partial charge in [-0.05, 0) is 96.8 Å². The molecule has 0 radical (unpaired) electrons. The molecule has 1 amide bonds. The van der Waals surface area contributed by atoms with Crippen molar-refractivity contribution in [1.82, 2.24) is 10.2 Å². The predicted octanol–water partition coefficient (Wildman–Crippen LogP) is 5.47. The van der Waals surface area contributed by atoms with Crippen LogP contribution in [0.3, 0.4) is 0 Å². The summed E-state index contributed by atoms with van der Waals surface area (Å²) in [5.41, 5.74) is 1.01. The van der Waals surface area contributed by atoms with Gasteiger partial charge in [-0.1, -0.05) is 20.3 Å². The number of likely N-dealkylation sites (tertiary alicyclic amines) is 1. The van der Waals surface area contributed by atoms with Crippen molar-refractivity contribution >= 4 is 11.8 Å². The number of hydrogen-bond acceptors (Lipinski definition) is 4. The van der Waals surface area contributed by atoms with Crippen molar-refractivity contribution in [3.05, 3.63) is 29.6 Å². The lowest BCUT2D eigenvalue weighted by Crippen LogP contribution is -2.50. The highest BCUT2D eigenvalue weighted by molar-refractivity contribution is 5.91. The molecule has 180 valence electrons. The van der Waals surface area contributed by atoms with Crippen molar-refractivity contribution in [3.63, 3.8) is 0 Å². The number of amides is 1. The number of carbonyl (C=O) groups excluding carboxylic acids is 1. The molecule has 1 fully saturated rings. The zero-order valence-electron chi connectivity index (χ0n) is 20.8. The summed E-state index contributed by atoms with van der Waals surface area (Å²) in [6, 6.07) is 5.93. The molecule has 2 aliphatic heterocycles. The molecule has 32 heavy (non-hydrogen) atoms. The molecular weight excluding hydrogens is 405 g/mol. The van der Waals surface area contributed by atoms with Crippen molar-refractivity contribution in [2.75, 3.05) is 31.6 Å². The van der Waals surface area contributed by atoms with Gasteiger partial charge < -0.3 is 15.0 Å². The molecule has 3 rings (SSSR count). The van der Waals surface area contributed by atoms with E-state index in [1.54, 1.807) is 17.0 Å². The largest absolute Gasteiger partial charge is 0.443 e. The van der Waals surface area contributed by atoms with E-state index < -0.39 is 5.60 Å². The lowest BCUT2D eigenvalue weighted by atomic mass is 9.74. The zero-order valence-corrected chi connectivity index (χ0v) is 20.8. The molecule has 0 aromatic heterocycles. The molecule has 2 heterocycles. The van der Waals surface area contributed by atoms with Gasteiger partial charge in [-0.2, -0.15) is 0 Å². The second-order valence-corrected chi connectivity index (χ2v) is 10.6. The SMILES string of the molecule is CCCC(CC(CC)N1CCC2(CC1)CN(C(=O)OC(C)(C)C)c1ccc(F)cc12)NC. The van der Waals surface area contributed by atoms with Gasteiger partial charge in [0.25, 0.3) is 0 Å². The Morgan fingerprint density at radius 3 is 2.50 bits per heavy atom. The van der Waals surface area contributed by atoms with Crippen LogP contribution in [0, 0.1) is 5.82 Å². The summed E-state index contributed by atoms with van der Waals surface area (Å²) < 4.78 is 19.9. The molecule has 5 nitrogen and oxygen atoms in total. The molecule has 2 aliphatic rings. The molecule has 2 unspecified atom stereocenters. The number of benzene rings is 1. The van der Waals surface area contributed by atoms with Crippen LogP contribution in [0.15, 0.2) is 18.2 Å². The van der Waals surface area contributed by atoms with E-state index in [0.29, 0.717) is 18.6 Å². The molecule has 0 bridgehead atoms. The fourth-order valence-electron chi connectivity index (χ4n) is 5.50. The van der Waals surface area contributed by atoms with Crippen LogP contribution in [0.1, 0.15) is 78.7 Å². The fourth-order valence-corrected chi connectivity index (χ4v) is 5.50. The molecule has 0 saturated carbocycles. The van der Waals surface area contributed by atoms with Gasteiger partial charge in [0.15, 0.2) is 0 Å². The van der Waals surface area contributed by atoms with Gasteiger partial charge in [-0.25, -0.2) is 9.18 Å². The van der Waals surface area contributed by atoms with E-state index in [1.165, 1.54) is 18.9 Å². The molecule has 6 heteroatoms. The summed E-state index contributed by atoms with van der Waals surface area (Å²) in [5.74, 6) is -0.237. The Kier molecular flexibility index (Phi) is 7.87. The first kappa shape index (κ1) is 25.0. The number of anilines is 1. The third-order valence-electron chi connectivity index (χ3n) is 7.24. The van der Waals surface area contributed by atoms with E-state index in [0.717, 1.165) is 50.0 Å². The number of ether oxygens (including phenoxy) is 1. The number of halogens is 1. The second kappa shape index (κ2) is 10.1. The van der Waals surface area contributed by atoms with Gasteiger partial charge in [-0.15, -0.1) is 0 Å². The number of piperidine rings is 1. The monoisotopic (exact) mass is 447 g/mol. The Hall–Kier alpha value is -1.66. The molecule has 1 aromatic rings. The second-order valence-electron chi connectivity index (χ2n) is 10.6. The molecular formula is C26H42FN3O2. The maximum atomic E-state index is 14.3. The average molecular weight is 448 g/mol. The first-order chi connectivity index (χ1) is 15.1. The molecule has 1 aromatic carbocycles. The fraction of sp³-hybridized carbons (Fsp3) is 0.731. The van der Waals surface area contributed by atoms with Crippen molar-refractivity contribution in [3.8, 4) is 0 Å². The quantitative estimate of drug-likeness (QED) is 0.602. The lowest BCUT2D eigenvalue weighted by molar-refractivity contribution is 0.0564. The first-order valence-electron chi connectivity index (χ1n) is 12.3. The van der Waals surface area contributed by atoms with Crippen molar-refractivity contribution in [2.45, 2.75) is 96.2 Å². The highest BCUT2D eigenvalue weighted by Gasteiger charge is 2.48. The van der Waals surface area contributed by atoms with Crippen LogP contribution in [-0.4, -0.2) is 55.4 Å². The smallest absolute Gasteiger partial charge is 0.414 e. The van der Waals surface area contributed by atoms with Gasteiger partial charge in [0.2, 0.25) is 0 Å². The average Bonchev–Trinajstić information content (AvgIpc) is 3.04. The number of carbonyl (C=O) groups is 1. The molecule has 1 saturated heterocycles. The zero-order chi connectivity index (χ0) is 23.5. The van der Waals surface area contributed by atoms with Crippen LogP contribution in [0.5, 0.6) is 0 Å². The van der Waals surface area contributed by atoms with Gasteiger partial charge in [0.05, 0.1) is 5.69 Å². The summed E-state index contributed by atoms with van der Waals surface area (Å²) in [5, 5.41) is 3.49. The number of nitrogens with one attached hydrogen (secondary N) is 1. The minimum absolute atomic E-state index is 0.199. The highest BCUT2D eigenvalue weighted by Crippen LogP contribution is 2.48. The van der Waals surface area contributed by atoms with Crippen LogP contribution < -0.4 is 10.2 Å². The molecule has 1 N–H and O–H groups in total. The maximum Gasteiger partial charge on any atom is 0.414 e. The topological polar surface area (TPSA) is 44.8 Å². The molecule has 1 spiro atoms. The number of rotatable bonds is 7. The standard InChI is InChI=1S/C26H42FN3O2/c1-7-9-20(28-6)17-21(8-2)29-14-12-26(13-15-29)18-30(24(31)32-25(3,4)5)23-11-10-19(27)16-22(23)26/h10-11,16,20-21,28H,7-9,12-15,17-18H2,1-6H3. The Morgan fingerprint density at radius 2 is 1.94 bits per heavy atom. The third kappa shape index (κ3) is 5.45. The first-order valence-corrected chi connectivity index (χ1v) is 12.3. The Balaban J connectivity index is 1.77. The van der Waals surface area contributed by atoms with E-state index in [2.05, 4.69) is 31.1 Å². The Labute approximate surface area is 193 Å². The molecule has 0 aliphatic carbocycles. The van der Waals surface area contributed by atoms with Crippen LogP contribution in [-0.2, 0) is 10.2 Å². The number of hydrogen-bond donors (Lipinski definition) is 1. The van der Waals surface area contributed by atoms with Gasteiger partial charge in [-0.3, -0.25) is 4.90 Å². The van der Waals surface area contributed by atoms with E-state index in [-0.39, 0.29) is 17.3 Å². The van der Waals surface area contributed by atoms with Crippen LogP contribution in [0.2, 0.25) is 0 Å². The van der Waals surface area contributed by atoms with Gasteiger partial charge in [0, 0.05) is 24.0 Å². The van der Waals surface area contributed by atoms with Crippen LogP contribution >= 0.6 is 0 Å².